The van der Waals surface area contributed by atoms with Gasteiger partial charge in [-0.1, -0.05) is 35.0 Å². The van der Waals surface area contributed by atoms with Crippen LogP contribution in [0.4, 0.5) is 13.2 Å². The summed E-state index contributed by atoms with van der Waals surface area (Å²) in [6, 6.07) is 4.95. The summed E-state index contributed by atoms with van der Waals surface area (Å²) >= 11 is 0. The molecule has 0 fully saturated rings. The van der Waals surface area contributed by atoms with Gasteiger partial charge in [-0.2, -0.15) is 13.2 Å². The van der Waals surface area contributed by atoms with Gasteiger partial charge in [-0.05, 0) is 19.4 Å². The standard InChI is InChI=1S/C14H13F3N2O2/c1-8-3-5-10(6-4-8)12(14(15,16)17)18-13(20)11-7-9(2)19-21-11/h3-7,12H,1-2H3,(H,18,20)/t12-/m1/s1. The van der Waals surface area contributed by atoms with E-state index in [9.17, 15) is 18.0 Å². The Morgan fingerprint density at radius 3 is 2.33 bits per heavy atom. The molecular weight excluding hydrogens is 285 g/mol. The number of amides is 1. The van der Waals surface area contributed by atoms with Crippen molar-refractivity contribution < 1.29 is 22.5 Å². The van der Waals surface area contributed by atoms with Crippen LogP contribution in [0.3, 0.4) is 0 Å². The summed E-state index contributed by atoms with van der Waals surface area (Å²) in [7, 11) is 0. The maximum atomic E-state index is 13.1. The molecule has 0 radical (unpaired) electrons. The van der Waals surface area contributed by atoms with Crippen molar-refractivity contribution in [1.82, 2.24) is 10.5 Å². The summed E-state index contributed by atoms with van der Waals surface area (Å²) in [6.07, 6.45) is -4.61. The van der Waals surface area contributed by atoms with Crippen molar-refractivity contribution in [2.75, 3.05) is 0 Å². The second-order valence-electron chi connectivity index (χ2n) is 4.69. The van der Waals surface area contributed by atoms with Gasteiger partial charge in [0.15, 0.2) is 6.04 Å². The van der Waals surface area contributed by atoms with E-state index in [-0.39, 0.29) is 11.3 Å². The Balaban J connectivity index is 2.25. The highest BCUT2D eigenvalue weighted by atomic mass is 19.4. The van der Waals surface area contributed by atoms with Gasteiger partial charge in [0.1, 0.15) is 0 Å². The van der Waals surface area contributed by atoms with Crippen molar-refractivity contribution in [3.8, 4) is 0 Å². The Morgan fingerprint density at radius 2 is 1.86 bits per heavy atom. The van der Waals surface area contributed by atoms with Crippen molar-refractivity contribution in [1.29, 1.82) is 0 Å². The molecule has 1 aromatic heterocycles. The third-order valence-electron chi connectivity index (χ3n) is 2.87. The van der Waals surface area contributed by atoms with Crippen molar-refractivity contribution in [2.45, 2.75) is 26.1 Å². The number of hydrogen-bond donors (Lipinski definition) is 1. The summed E-state index contributed by atoms with van der Waals surface area (Å²) < 4.78 is 44.0. The predicted octanol–water partition coefficient (Wildman–Crippen LogP) is 3.32. The van der Waals surface area contributed by atoms with Gasteiger partial charge in [0.25, 0.3) is 5.91 Å². The molecule has 7 heteroatoms. The average molecular weight is 298 g/mol. The largest absolute Gasteiger partial charge is 0.412 e. The third-order valence-corrected chi connectivity index (χ3v) is 2.87. The molecule has 112 valence electrons. The highest BCUT2D eigenvalue weighted by molar-refractivity contribution is 5.91. The highest BCUT2D eigenvalue weighted by Gasteiger charge is 2.42. The second kappa shape index (κ2) is 5.59. The van der Waals surface area contributed by atoms with Crippen LogP contribution in [0.2, 0.25) is 0 Å². The molecule has 0 aliphatic heterocycles. The first-order valence-electron chi connectivity index (χ1n) is 6.15. The topological polar surface area (TPSA) is 55.1 Å². The van der Waals surface area contributed by atoms with E-state index in [0.717, 1.165) is 5.56 Å². The number of aromatic nitrogens is 1. The number of benzene rings is 1. The number of alkyl halides is 3. The van der Waals surface area contributed by atoms with Gasteiger partial charge < -0.3 is 9.84 Å². The summed E-state index contributed by atoms with van der Waals surface area (Å²) in [5.74, 6) is -1.22. The third kappa shape index (κ3) is 3.62. The molecule has 0 saturated carbocycles. The fraction of sp³-hybridized carbons (Fsp3) is 0.286. The van der Waals surface area contributed by atoms with Crippen molar-refractivity contribution >= 4 is 5.91 Å². The summed E-state index contributed by atoms with van der Waals surface area (Å²) in [4.78, 5) is 11.8. The van der Waals surface area contributed by atoms with Gasteiger partial charge >= 0.3 is 6.18 Å². The lowest BCUT2D eigenvalue weighted by molar-refractivity contribution is -0.155. The van der Waals surface area contributed by atoms with Crippen LogP contribution in [0.1, 0.15) is 33.4 Å². The zero-order chi connectivity index (χ0) is 15.6. The minimum Gasteiger partial charge on any atom is -0.351 e. The average Bonchev–Trinajstić information content (AvgIpc) is 2.82. The fourth-order valence-corrected chi connectivity index (χ4v) is 1.79. The van der Waals surface area contributed by atoms with E-state index in [0.29, 0.717) is 5.69 Å². The fourth-order valence-electron chi connectivity index (χ4n) is 1.79. The van der Waals surface area contributed by atoms with Gasteiger partial charge in [0.2, 0.25) is 5.76 Å². The van der Waals surface area contributed by atoms with Crippen molar-refractivity contribution in [3.05, 3.63) is 52.9 Å². The summed E-state index contributed by atoms with van der Waals surface area (Å²) in [6.45, 7) is 3.34. The van der Waals surface area contributed by atoms with Crippen molar-refractivity contribution in [2.24, 2.45) is 0 Å². The van der Waals surface area contributed by atoms with E-state index in [1.54, 1.807) is 26.0 Å². The summed E-state index contributed by atoms with van der Waals surface area (Å²) in [5, 5.41) is 5.40. The van der Waals surface area contributed by atoms with E-state index < -0.39 is 18.1 Å². The first-order chi connectivity index (χ1) is 9.77. The molecule has 0 unspecified atom stereocenters. The molecule has 21 heavy (non-hydrogen) atoms. The molecule has 0 saturated heterocycles. The van der Waals surface area contributed by atoms with Crippen LogP contribution >= 0.6 is 0 Å². The molecular formula is C14H13F3N2O2. The minimum atomic E-state index is -4.61. The smallest absolute Gasteiger partial charge is 0.351 e. The Morgan fingerprint density at radius 1 is 1.24 bits per heavy atom. The normalized spacial score (nSPS) is 13.0. The molecule has 0 bridgehead atoms. The number of carbonyl (C=O) groups is 1. The molecule has 1 amide bonds. The van der Waals surface area contributed by atoms with Gasteiger partial charge in [-0.25, -0.2) is 0 Å². The Labute approximate surface area is 118 Å². The van der Waals surface area contributed by atoms with Crippen LogP contribution in [0.25, 0.3) is 0 Å². The molecule has 1 aromatic carbocycles. The van der Waals surface area contributed by atoms with Crippen LogP contribution in [-0.4, -0.2) is 17.2 Å². The van der Waals surface area contributed by atoms with Crippen LogP contribution in [0.5, 0.6) is 0 Å². The highest BCUT2D eigenvalue weighted by Crippen LogP contribution is 2.33. The number of nitrogens with one attached hydrogen (secondary N) is 1. The van der Waals surface area contributed by atoms with Gasteiger partial charge in [-0.3, -0.25) is 4.79 Å². The number of halogens is 3. The van der Waals surface area contributed by atoms with Crippen LogP contribution < -0.4 is 5.32 Å². The van der Waals surface area contributed by atoms with E-state index in [4.69, 9.17) is 0 Å². The minimum absolute atomic E-state index is 0.0438. The van der Waals surface area contributed by atoms with E-state index in [1.807, 2.05) is 5.32 Å². The Hall–Kier alpha value is -2.31. The molecule has 2 aromatic rings. The van der Waals surface area contributed by atoms with Gasteiger partial charge in [0, 0.05) is 6.07 Å². The molecule has 4 nitrogen and oxygen atoms in total. The molecule has 2 rings (SSSR count). The quantitative estimate of drug-likeness (QED) is 0.945. The van der Waals surface area contributed by atoms with Gasteiger partial charge in [0.05, 0.1) is 5.69 Å². The van der Waals surface area contributed by atoms with E-state index in [1.165, 1.54) is 18.2 Å². The van der Waals surface area contributed by atoms with E-state index >= 15 is 0 Å². The number of carbonyl (C=O) groups excluding carboxylic acids is 1. The van der Waals surface area contributed by atoms with Crippen LogP contribution in [0.15, 0.2) is 34.9 Å². The monoisotopic (exact) mass is 298 g/mol. The van der Waals surface area contributed by atoms with E-state index in [2.05, 4.69) is 9.68 Å². The second-order valence-corrected chi connectivity index (χ2v) is 4.69. The zero-order valence-corrected chi connectivity index (χ0v) is 11.4. The van der Waals surface area contributed by atoms with Gasteiger partial charge in [-0.15, -0.1) is 0 Å². The molecule has 1 atom stereocenters. The lowest BCUT2D eigenvalue weighted by Gasteiger charge is -2.21. The predicted molar refractivity (Wildman–Crippen MR) is 68.7 cm³/mol. The maximum absolute atomic E-state index is 13.1. The SMILES string of the molecule is Cc1ccc([C@@H](NC(=O)c2cc(C)no2)C(F)(F)F)cc1. The maximum Gasteiger partial charge on any atom is 0.412 e. The molecule has 1 N–H and O–H groups in total. The number of rotatable bonds is 3. The Kier molecular flexibility index (Phi) is 4.02. The molecule has 1 heterocycles. The first-order valence-corrected chi connectivity index (χ1v) is 6.15. The molecule has 0 aliphatic carbocycles. The van der Waals surface area contributed by atoms with Crippen LogP contribution in [0, 0.1) is 13.8 Å². The van der Waals surface area contributed by atoms with Crippen molar-refractivity contribution in [3.63, 3.8) is 0 Å². The zero-order valence-electron chi connectivity index (χ0n) is 11.4. The number of nitrogens with zero attached hydrogens (tertiary/aromatic N) is 1. The summed E-state index contributed by atoms with van der Waals surface area (Å²) in [5.41, 5.74) is 1.20. The Bertz CT molecular complexity index is 632. The lowest BCUT2D eigenvalue weighted by Crippen LogP contribution is -2.38. The first kappa shape index (κ1) is 15.1. The number of hydrogen-bond acceptors (Lipinski definition) is 3. The molecule has 0 aliphatic rings. The van der Waals surface area contributed by atoms with Crippen LogP contribution in [-0.2, 0) is 0 Å². The number of aryl methyl sites for hydroxylation is 2. The lowest BCUT2D eigenvalue weighted by atomic mass is 10.0. The molecule has 0 spiro atoms.